The summed E-state index contributed by atoms with van der Waals surface area (Å²) in [6.07, 6.45) is 9.44. The monoisotopic (exact) mass is 284 g/mol. The highest BCUT2D eigenvalue weighted by Gasteiger charge is 2.33. The van der Waals surface area contributed by atoms with Gasteiger partial charge in [0.2, 0.25) is 0 Å². The molecule has 0 saturated heterocycles. The SMILES string of the molecule is FC(CC1c2ccccc2-c2cncn21)C1CCCCC1. The van der Waals surface area contributed by atoms with E-state index < -0.39 is 6.17 Å². The van der Waals surface area contributed by atoms with Gasteiger partial charge in [-0.1, -0.05) is 43.5 Å². The summed E-state index contributed by atoms with van der Waals surface area (Å²) < 4.78 is 17.0. The average molecular weight is 284 g/mol. The molecular weight excluding hydrogens is 263 g/mol. The van der Waals surface area contributed by atoms with E-state index in [-0.39, 0.29) is 12.0 Å². The molecule has 2 aliphatic rings. The zero-order chi connectivity index (χ0) is 14.2. The molecule has 1 fully saturated rings. The Bertz CT molecular complexity index is 628. The van der Waals surface area contributed by atoms with Crippen molar-refractivity contribution >= 4 is 0 Å². The molecule has 0 radical (unpaired) electrons. The number of halogens is 1. The van der Waals surface area contributed by atoms with Crippen LogP contribution in [-0.4, -0.2) is 15.7 Å². The molecule has 1 aromatic heterocycles. The quantitative estimate of drug-likeness (QED) is 0.794. The number of aromatic nitrogens is 2. The fourth-order valence-electron chi connectivity index (χ4n) is 4.07. The Kier molecular flexibility index (Phi) is 3.28. The lowest BCUT2D eigenvalue weighted by Gasteiger charge is -2.27. The van der Waals surface area contributed by atoms with E-state index in [2.05, 4.69) is 27.8 Å². The summed E-state index contributed by atoms with van der Waals surface area (Å²) in [5.41, 5.74) is 3.61. The van der Waals surface area contributed by atoms with Crippen molar-refractivity contribution in [2.45, 2.75) is 50.7 Å². The van der Waals surface area contributed by atoms with Crippen molar-refractivity contribution in [3.8, 4) is 11.3 Å². The maximum absolute atomic E-state index is 14.8. The van der Waals surface area contributed by atoms with Crippen molar-refractivity contribution in [3.05, 3.63) is 42.4 Å². The second-order valence-corrected chi connectivity index (χ2v) is 6.44. The van der Waals surface area contributed by atoms with E-state index in [1.165, 1.54) is 30.4 Å². The third-order valence-corrected chi connectivity index (χ3v) is 5.21. The van der Waals surface area contributed by atoms with Gasteiger partial charge in [-0.05, 0) is 24.3 Å². The number of hydrogen-bond donors (Lipinski definition) is 0. The molecule has 2 atom stereocenters. The molecule has 0 bridgehead atoms. The van der Waals surface area contributed by atoms with Crippen LogP contribution in [0.15, 0.2) is 36.8 Å². The van der Waals surface area contributed by atoms with Gasteiger partial charge in [-0.2, -0.15) is 0 Å². The highest BCUT2D eigenvalue weighted by atomic mass is 19.1. The first-order valence-electron chi connectivity index (χ1n) is 8.10. The summed E-state index contributed by atoms with van der Waals surface area (Å²) in [4.78, 5) is 4.25. The van der Waals surface area contributed by atoms with Crippen molar-refractivity contribution in [2.24, 2.45) is 5.92 Å². The van der Waals surface area contributed by atoms with Gasteiger partial charge in [-0.25, -0.2) is 9.37 Å². The third-order valence-electron chi connectivity index (χ3n) is 5.21. The van der Waals surface area contributed by atoms with E-state index in [9.17, 15) is 4.39 Å². The predicted octanol–water partition coefficient (Wildman–Crippen LogP) is 4.76. The molecule has 0 spiro atoms. The number of benzene rings is 1. The molecule has 1 aromatic carbocycles. The van der Waals surface area contributed by atoms with Crippen LogP contribution in [0.4, 0.5) is 4.39 Å². The van der Waals surface area contributed by atoms with Crippen LogP contribution in [0, 0.1) is 5.92 Å². The fourth-order valence-corrected chi connectivity index (χ4v) is 4.07. The highest BCUT2D eigenvalue weighted by molar-refractivity contribution is 5.68. The Hall–Kier alpha value is -1.64. The van der Waals surface area contributed by atoms with Gasteiger partial charge in [-0.3, -0.25) is 0 Å². The van der Waals surface area contributed by atoms with Gasteiger partial charge >= 0.3 is 0 Å². The lowest BCUT2D eigenvalue weighted by Crippen LogP contribution is -2.22. The third kappa shape index (κ3) is 2.19. The largest absolute Gasteiger partial charge is 0.323 e. The Morgan fingerprint density at radius 3 is 2.86 bits per heavy atom. The Balaban J connectivity index is 1.60. The van der Waals surface area contributed by atoms with Crippen LogP contribution in [0.5, 0.6) is 0 Å². The van der Waals surface area contributed by atoms with Gasteiger partial charge in [0.1, 0.15) is 6.17 Å². The minimum Gasteiger partial charge on any atom is -0.323 e. The summed E-state index contributed by atoms with van der Waals surface area (Å²) >= 11 is 0. The Morgan fingerprint density at radius 1 is 1.19 bits per heavy atom. The van der Waals surface area contributed by atoms with Gasteiger partial charge in [-0.15, -0.1) is 0 Å². The van der Waals surface area contributed by atoms with Crippen LogP contribution in [0.1, 0.15) is 50.1 Å². The lowest BCUT2D eigenvalue weighted by atomic mass is 9.83. The molecular formula is C18H21FN2. The molecule has 4 rings (SSSR count). The van der Waals surface area contributed by atoms with Crippen molar-refractivity contribution in [1.82, 2.24) is 9.55 Å². The van der Waals surface area contributed by atoms with Crippen molar-refractivity contribution in [1.29, 1.82) is 0 Å². The minimum atomic E-state index is -0.697. The number of rotatable bonds is 3. The van der Waals surface area contributed by atoms with Gasteiger partial charge in [0.25, 0.3) is 0 Å². The smallest absolute Gasteiger partial charge is 0.105 e. The molecule has 1 aliphatic heterocycles. The normalized spacial score (nSPS) is 22.8. The summed E-state index contributed by atoms with van der Waals surface area (Å²) in [5, 5.41) is 0. The van der Waals surface area contributed by atoms with Gasteiger partial charge in [0.05, 0.1) is 24.3 Å². The lowest BCUT2D eigenvalue weighted by molar-refractivity contribution is 0.159. The van der Waals surface area contributed by atoms with E-state index >= 15 is 0 Å². The summed E-state index contributed by atoms with van der Waals surface area (Å²) in [5.74, 6) is 0.262. The van der Waals surface area contributed by atoms with Gasteiger partial charge in [0.15, 0.2) is 0 Å². The van der Waals surface area contributed by atoms with Gasteiger partial charge in [0, 0.05) is 12.0 Å². The zero-order valence-corrected chi connectivity index (χ0v) is 12.2. The van der Waals surface area contributed by atoms with Crippen LogP contribution in [0.3, 0.4) is 0 Å². The summed E-state index contributed by atoms with van der Waals surface area (Å²) in [7, 11) is 0. The van der Waals surface area contributed by atoms with Crippen LogP contribution >= 0.6 is 0 Å². The maximum atomic E-state index is 14.8. The molecule has 1 saturated carbocycles. The Labute approximate surface area is 125 Å². The molecule has 2 heterocycles. The Morgan fingerprint density at radius 2 is 2.00 bits per heavy atom. The van der Waals surface area contributed by atoms with E-state index in [0.717, 1.165) is 18.5 Å². The average Bonchev–Trinajstić information content (AvgIpc) is 3.11. The second-order valence-electron chi connectivity index (χ2n) is 6.44. The maximum Gasteiger partial charge on any atom is 0.105 e. The molecule has 0 N–H and O–H groups in total. The molecule has 110 valence electrons. The molecule has 2 aromatic rings. The minimum absolute atomic E-state index is 0.121. The number of nitrogens with zero attached hydrogens (tertiary/aromatic N) is 2. The first-order chi connectivity index (χ1) is 10.3. The zero-order valence-electron chi connectivity index (χ0n) is 12.2. The van der Waals surface area contributed by atoms with E-state index in [1.54, 1.807) is 0 Å². The van der Waals surface area contributed by atoms with Crippen LogP contribution in [0.25, 0.3) is 11.3 Å². The van der Waals surface area contributed by atoms with Crippen LogP contribution in [0.2, 0.25) is 0 Å². The standard InChI is InChI=1S/C18H21FN2/c19-16(13-6-2-1-3-7-13)10-17-14-8-4-5-9-15(14)18-11-20-12-21(17)18/h4-5,8-9,11-13,16-17H,1-3,6-7,10H2. The molecule has 3 heteroatoms. The molecule has 0 amide bonds. The highest BCUT2D eigenvalue weighted by Crippen LogP contribution is 2.43. The molecule has 21 heavy (non-hydrogen) atoms. The summed E-state index contributed by atoms with van der Waals surface area (Å²) in [6, 6.07) is 8.49. The number of imidazole rings is 1. The van der Waals surface area contributed by atoms with E-state index in [0.29, 0.717) is 6.42 Å². The van der Waals surface area contributed by atoms with E-state index in [1.807, 2.05) is 18.6 Å². The number of hydrogen-bond acceptors (Lipinski definition) is 1. The van der Waals surface area contributed by atoms with E-state index in [4.69, 9.17) is 0 Å². The van der Waals surface area contributed by atoms with Crippen LogP contribution < -0.4 is 0 Å². The van der Waals surface area contributed by atoms with Crippen LogP contribution in [-0.2, 0) is 0 Å². The van der Waals surface area contributed by atoms with Crippen molar-refractivity contribution in [2.75, 3.05) is 0 Å². The summed E-state index contributed by atoms with van der Waals surface area (Å²) in [6.45, 7) is 0. The second kappa shape index (κ2) is 5.28. The predicted molar refractivity (Wildman–Crippen MR) is 81.9 cm³/mol. The van der Waals surface area contributed by atoms with Crippen molar-refractivity contribution in [3.63, 3.8) is 0 Å². The number of alkyl halides is 1. The number of fused-ring (bicyclic) bond motifs is 3. The molecule has 2 unspecified atom stereocenters. The first kappa shape index (κ1) is 13.1. The molecule has 1 aliphatic carbocycles. The van der Waals surface area contributed by atoms with Gasteiger partial charge < -0.3 is 4.57 Å². The fraction of sp³-hybridized carbons (Fsp3) is 0.500. The topological polar surface area (TPSA) is 17.8 Å². The first-order valence-corrected chi connectivity index (χ1v) is 8.10. The van der Waals surface area contributed by atoms with Crippen molar-refractivity contribution < 1.29 is 4.39 Å². The molecule has 2 nitrogen and oxygen atoms in total.